The fourth-order valence-corrected chi connectivity index (χ4v) is 3.91. The number of carbonyl (C=O) groups excluding carboxylic acids is 1. The summed E-state index contributed by atoms with van der Waals surface area (Å²) in [5, 5.41) is 1.28. The summed E-state index contributed by atoms with van der Waals surface area (Å²) < 4.78 is 7.93. The van der Waals surface area contributed by atoms with E-state index in [0.29, 0.717) is 18.4 Å². The molecule has 1 aromatic carbocycles. The van der Waals surface area contributed by atoms with Crippen LogP contribution in [0.15, 0.2) is 30.5 Å². The van der Waals surface area contributed by atoms with Gasteiger partial charge in [-0.25, -0.2) is 0 Å². The van der Waals surface area contributed by atoms with Crippen LogP contribution in [0.1, 0.15) is 24.8 Å². The van der Waals surface area contributed by atoms with Crippen molar-refractivity contribution in [2.75, 3.05) is 26.3 Å². The van der Waals surface area contributed by atoms with Crippen LogP contribution in [0.2, 0.25) is 0 Å². The van der Waals surface area contributed by atoms with Gasteiger partial charge in [0.15, 0.2) is 0 Å². The van der Waals surface area contributed by atoms with Gasteiger partial charge in [-0.1, -0.05) is 12.5 Å². The van der Waals surface area contributed by atoms with Crippen LogP contribution in [-0.2, 0) is 23.0 Å². The van der Waals surface area contributed by atoms with Gasteiger partial charge in [0, 0.05) is 43.7 Å². The lowest BCUT2D eigenvalue weighted by atomic mass is 9.84. The Labute approximate surface area is 143 Å². The molecule has 128 valence electrons. The van der Waals surface area contributed by atoms with Crippen molar-refractivity contribution >= 4 is 16.8 Å². The Bertz CT molecular complexity index is 732. The van der Waals surface area contributed by atoms with Gasteiger partial charge in [0.05, 0.1) is 13.2 Å². The zero-order valence-corrected chi connectivity index (χ0v) is 14.4. The molecular formula is C20H26N2O2. The third kappa shape index (κ3) is 3.07. The first-order chi connectivity index (χ1) is 11.7. The van der Waals surface area contributed by atoms with E-state index in [1.807, 2.05) is 0 Å². The minimum absolute atomic E-state index is 0.282. The molecule has 2 heterocycles. The molecule has 4 nitrogen and oxygen atoms in total. The van der Waals surface area contributed by atoms with E-state index in [2.05, 4.69) is 47.0 Å². The predicted molar refractivity (Wildman–Crippen MR) is 94.9 cm³/mol. The van der Waals surface area contributed by atoms with E-state index in [9.17, 15) is 4.79 Å². The molecule has 1 aromatic heterocycles. The molecule has 1 aliphatic heterocycles. The number of aromatic nitrogens is 1. The van der Waals surface area contributed by atoms with Crippen molar-refractivity contribution in [2.24, 2.45) is 18.9 Å². The van der Waals surface area contributed by atoms with Gasteiger partial charge in [-0.2, -0.15) is 0 Å². The van der Waals surface area contributed by atoms with Gasteiger partial charge in [-0.05, 0) is 48.4 Å². The zero-order valence-electron chi connectivity index (χ0n) is 14.4. The molecule has 0 spiro atoms. The average molecular weight is 326 g/mol. The summed E-state index contributed by atoms with van der Waals surface area (Å²) in [6.07, 6.45) is 6.43. The van der Waals surface area contributed by atoms with E-state index in [1.165, 1.54) is 22.9 Å². The molecule has 2 aromatic rings. The van der Waals surface area contributed by atoms with Crippen LogP contribution in [0.5, 0.6) is 0 Å². The van der Waals surface area contributed by atoms with E-state index in [4.69, 9.17) is 4.74 Å². The van der Waals surface area contributed by atoms with Crippen molar-refractivity contribution in [1.82, 2.24) is 9.47 Å². The van der Waals surface area contributed by atoms with Gasteiger partial charge >= 0.3 is 0 Å². The molecule has 1 atom stereocenters. The van der Waals surface area contributed by atoms with Gasteiger partial charge in [-0.3, -0.25) is 4.79 Å². The first-order valence-electron chi connectivity index (χ1n) is 9.11. The standard InChI is InChI=1S/C20H26N2O2/c1-21-8-7-18-12-15(5-6-19(18)21)11-16-13-22(9-10-24-14-16)20(23)17-3-2-4-17/h5-8,12,16-17H,2-4,9-11,13-14H2,1H3. The highest BCUT2D eigenvalue weighted by atomic mass is 16.5. The fraction of sp³-hybridized carbons (Fsp3) is 0.550. The monoisotopic (exact) mass is 326 g/mol. The van der Waals surface area contributed by atoms with Crippen LogP contribution < -0.4 is 0 Å². The lowest BCUT2D eigenvalue weighted by Crippen LogP contribution is -2.42. The maximum Gasteiger partial charge on any atom is 0.225 e. The summed E-state index contributed by atoms with van der Waals surface area (Å²) in [5.41, 5.74) is 2.60. The summed E-state index contributed by atoms with van der Waals surface area (Å²) in [5.74, 6) is 1.03. The molecule has 1 unspecified atom stereocenters. The number of nitrogens with zero attached hydrogens (tertiary/aromatic N) is 2. The number of hydrogen-bond acceptors (Lipinski definition) is 2. The van der Waals surface area contributed by atoms with E-state index >= 15 is 0 Å². The number of rotatable bonds is 3. The smallest absolute Gasteiger partial charge is 0.225 e. The van der Waals surface area contributed by atoms with Gasteiger partial charge < -0.3 is 14.2 Å². The van der Waals surface area contributed by atoms with Crippen molar-refractivity contribution in [3.63, 3.8) is 0 Å². The Morgan fingerprint density at radius 3 is 2.96 bits per heavy atom. The van der Waals surface area contributed by atoms with E-state index < -0.39 is 0 Å². The first-order valence-corrected chi connectivity index (χ1v) is 9.11. The Hall–Kier alpha value is -1.81. The SMILES string of the molecule is Cn1ccc2cc(CC3COCCN(C(=O)C4CCC4)C3)ccc21. The second kappa shape index (κ2) is 6.60. The van der Waals surface area contributed by atoms with Crippen LogP contribution in [0, 0.1) is 11.8 Å². The number of carbonyl (C=O) groups is 1. The van der Waals surface area contributed by atoms with Crippen LogP contribution in [0.3, 0.4) is 0 Å². The van der Waals surface area contributed by atoms with Crippen molar-refractivity contribution in [1.29, 1.82) is 0 Å². The van der Waals surface area contributed by atoms with Crippen LogP contribution in [0.25, 0.3) is 10.9 Å². The summed E-state index contributed by atoms with van der Waals surface area (Å²) in [6, 6.07) is 8.85. The van der Waals surface area contributed by atoms with Crippen LogP contribution >= 0.6 is 0 Å². The second-order valence-electron chi connectivity index (χ2n) is 7.38. The normalized spacial score (nSPS) is 22.4. The Morgan fingerprint density at radius 2 is 2.17 bits per heavy atom. The van der Waals surface area contributed by atoms with Gasteiger partial charge in [0.2, 0.25) is 5.91 Å². The molecule has 1 saturated carbocycles. The van der Waals surface area contributed by atoms with Crippen LogP contribution in [-0.4, -0.2) is 41.7 Å². The third-order valence-corrected chi connectivity index (χ3v) is 5.58. The summed E-state index contributed by atoms with van der Waals surface area (Å²) in [4.78, 5) is 14.6. The number of ether oxygens (including phenoxy) is 1. The maximum absolute atomic E-state index is 12.6. The molecule has 1 amide bonds. The number of amides is 1. The number of benzene rings is 1. The first kappa shape index (κ1) is 15.7. The third-order valence-electron chi connectivity index (χ3n) is 5.58. The Balaban J connectivity index is 1.46. The largest absolute Gasteiger partial charge is 0.379 e. The highest BCUT2D eigenvalue weighted by molar-refractivity contribution is 5.81. The minimum atomic E-state index is 0.282. The molecule has 1 aliphatic carbocycles. The molecule has 2 fully saturated rings. The second-order valence-corrected chi connectivity index (χ2v) is 7.38. The summed E-state index contributed by atoms with van der Waals surface area (Å²) in [6.45, 7) is 3.01. The molecular weight excluding hydrogens is 300 g/mol. The molecule has 24 heavy (non-hydrogen) atoms. The summed E-state index contributed by atoms with van der Waals surface area (Å²) >= 11 is 0. The van der Waals surface area contributed by atoms with Crippen molar-refractivity contribution in [3.05, 3.63) is 36.0 Å². The van der Waals surface area contributed by atoms with Crippen molar-refractivity contribution in [2.45, 2.75) is 25.7 Å². The Morgan fingerprint density at radius 1 is 1.29 bits per heavy atom. The maximum atomic E-state index is 12.6. The van der Waals surface area contributed by atoms with Crippen LogP contribution in [0.4, 0.5) is 0 Å². The lowest BCUT2D eigenvalue weighted by molar-refractivity contribution is -0.138. The highest BCUT2D eigenvalue weighted by Gasteiger charge is 2.31. The molecule has 4 heteroatoms. The van der Waals surface area contributed by atoms with Gasteiger partial charge in [-0.15, -0.1) is 0 Å². The number of hydrogen-bond donors (Lipinski definition) is 0. The lowest BCUT2D eigenvalue weighted by Gasteiger charge is -2.32. The number of aryl methyl sites for hydroxylation is 1. The minimum Gasteiger partial charge on any atom is -0.379 e. The molecule has 1 saturated heterocycles. The van der Waals surface area contributed by atoms with Gasteiger partial charge in [0.25, 0.3) is 0 Å². The van der Waals surface area contributed by atoms with E-state index in [0.717, 1.165) is 39.0 Å². The van der Waals surface area contributed by atoms with E-state index in [1.54, 1.807) is 0 Å². The molecule has 0 radical (unpaired) electrons. The Kier molecular flexibility index (Phi) is 4.31. The van der Waals surface area contributed by atoms with Crippen molar-refractivity contribution < 1.29 is 9.53 Å². The molecule has 0 bridgehead atoms. The molecule has 4 rings (SSSR count). The highest BCUT2D eigenvalue weighted by Crippen LogP contribution is 2.29. The quantitative estimate of drug-likeness (QED) is 0.869. The van der Waals surface area contributed by atoms with Gasteiger partial charge in [0.1, 0.15) is 0 Å². The fourth-order valence-electron chi connectivity index (χ4n) is 3.91. The predicted octanol–water partition coefficient (Wildman–Crippen LogP) is 3.00. The topological polar surface area (TPSA) is 34.5 Å². The number of fused-ring (bicyclic) bond motifs is 1. The molecule has 2 aliphatic rings. The molecule has 0 N–H and O–H groups in total. The van der Waals surface area contributed by atoms with E-state index in [-0.39, 0.29) is 5.92 Å². The zero-order chi connectivity index (χ0) is 16.5. The summed E-state index contributed by atoms with van der Waals surface area (Å²) in [7, 11) is 2.07. The van der Waals surface area contributed by atoms with Crippen molar-refractivity contribution in [3.8, 4) is 0 Å². The average Bonchev–Trinajstić information content (AvgIpc) is 2.74.